The minimum atomic E-state index is 0.729. The van der Waals surface area contributed by atoms with E-state index in [2.05, 4.69) is 25.4 Å². The third-order valence-corrected chi connectivity index (χ3v) is 4.52. The van der Waals surface area contributed by atoms with Gasteiger partial charge in [0.2, 0.25) is 5.95 Å². The zero-order valence-corrected chi connectivity index (χ0v) is 11.9. The number of aromatic nitrogens is 3. The van der Waals surface area contributed by atoms with Crippen molar-refractivity contribution in [1.29, 1.82) is 0 Å². The lowest BCUT2D eigenvalue weighted by atomic mass is 9.83. The van der Waals surface area contributed by atoms with Gasteiger partial charge in [-0.25, -0.2) is 0 Å². The first-order valence-corrected chi connectivity index (χ1v) is 7.66. The van der Waals surface area contributed by atoms with E-state index in [0.717, 1.165) is 49.7 Å². The van der Waals surface area contributed by atoms with E-state index in [4.69, 9.17) is 0 Å². The van der Waals surface area contributed by atoms with Crippen LogP contribution in [-0.2, 0) is 6.42 Å². The van der Waals surface area contributed by atoms with E-state index in [1.54, 1.807) is 0 Å². The second kappa shape index (κ2) is 5.90. The number of aromatic amines is 1. The van der Waals surface area contributed by atoms with Gasteiger partial charge in [-0.1, -0.05) is 19.3 Å². The number of hydrogen-bond acceptors (Lipinski definition) is 4. The van der Waals surface area contributed by atoms with Crippen molar-refractivity contribution in [3.05, 3.63) is 5.82 Å². The van der Waals surface area contributed by atoms with Crippen molar-refractivity contribution in [2.75, 3.05) is 31.6 Å². The molecule has 19 heavy (non-hydrogen) atoms. The smallest absolute Gasteiger partial charge is 0.244 e. The van der Waals surface area contributed by atoms with Crippen molar-refractivity contribution in [3.8, 4) is 0 Å². The van der Waals surface area contributed by atoms with Crippen LogP contribution in [0.2, 0.25) is 0 Å². The van der Waals surface area contributed by atoms with E-state index in [-0.39, 0.29) is 0 Å². The Hall–Kier alpha value is -1.10. The normalized spacial score (nSPS) is 24.5. The SMILES string of the molecule is CNCC1CCCN(c2n[nH]c(CC3CCC3)n2)C1. The Balaban J connectivity index is 1.58. The van der Waals surface area contributed by atoms with Crippen molar-refractivity contribution >= 4 is 5.95 Å². The summed E-state index contributed by atoms with van der Waals surface area (Å²) in [7, 11) is 2.03. The Kier molecular flexibility index (Phi) is 4.01. The fraction of sp³-hybridized carbons (Fsp3) is 0.857. The molecule has 1 aliphatic carbocycles. The molecule has 0 amide bonds. The van der Waals surface area contributed by atoms with Crippen LogP contribution in [0, 0.1) is 11.8 Å². The van der Waals surface area contributed by atoms with Gasteiger partial charge in [-0.15, -0.1) is 5.10 Å². The van der Waals surface area contributed by atoms with Crippen LogP contribution < -0.4 is 10.2 Å². The zero-order chi connectivity index (χ0) is 13.1. The van der Waals surface area contributed by atoms with Gasteiger partial charge in [0.1, 0.15) is 5.82 Å². The maximum atomic E-state index is 4.69. The number of nitrogens with one attached hydrogen (secondary N) is 2. The molecule has 2 aliphatic rings. The summed E-state index contributed by atoms with van der Waals surface area (Å²) in [5, 5.41) is 10.8. The summed E-state index contributed by atoms with van der Waals surface area (Å²) >= 11 is 0. The van der Waals surface area contributed by atoms with Crippen molar-refractivity contribution in [2.24, 2.45) is 11.8 Å². The maximum Gasteiger partial charge on any atom is 0.244 e. The molecule has 2 N–H and O–H groups in total. The molecular formula is C14H25N5. The number of anilines is 1. The molecule has 0 aromatic carbocycles. The molecule has 1 aliphatic heterocycles. The van der Waals surface area contributed by atoms with Gasteiger partial charge < -0.3 is 10.2 Å². The van der Waals surface area contributed by atoms with Crippen LogP contribution in [0.4, 0.5) is 5.95 Å². The lowest BCUT2D eigenvalue weighted by Crippen LogP contribution is -2.39. The maximum absolute atomic E-state index is 4.69. The molecule has 1 aromatic rings. The first-order chi connectivity index (χ1) is 9.35. The fourth-order valence-corrected chi connectivity index (χ4v) is 3.19. The Morgan fingerprint density at radius 3 is 2.84 bits per heavy atom. The minimum Gasteiger partial charge on any atom is -0.339 e. The summed E-state index contributed by atoms with van der Waals surface area (Å²) < 4.78 is 0. The summed E-state index contributed by atoms with van der Waals surface area (Å²) in [5.41, 5.74) is 0. The minimum absolute atomic E-state index is 0.729. The second-order valence-corrected chi connectivity index (χ2v) is 6.10. The lowest BCUT2D eigenvalue weighted by Gasteiger charge is -2.31. The van der Waals surface area contributed by atoms with Crippen LogP contribution in [0.5, 0.6) is 0 Å². The van der Waals surface area contributed by atoms with Crippen molar-refractivity contribution in [1.82, 2.24) is 20.5 Å². The van der Waals surface area contributed by atoms with Gasteiger partial charge in [-0.2, -0.15) is 4.98 Å². The summed E-state index contributed by atoms with van der Waals surface area (Å²) in [5.74, 6) is 3.57. The van der Waals surface area contributed by atoms with Crippen LogP contribution in [0.25, 0.3) is 0 Å². The Labute approximate surface area is 115 Å². The topological polar surface area (TPSA) is 56.8 Å². The molecule has 0 spiro atoms. The molecule has 0 radical (unpaired) electrons. The predicted molar refractivity (Wildman–Crippen MR) is 76.3 cm³/mol. The van der Waals surface area contributed by atoms with Gasteiger partial charge in [-0.3, -0.25) is 5.10 Å². The lowest BCUT2D eigenvalue weighted by molar-refractivity contribution is 0.309. The number of nitrogens with zero attached hydrogens (tertiary/aromatic N) is 3. The molecule has 2 heterocycles. The molecule has 1 unspecified atom stereocenters. The highest BCUT2D eigenvalue weighted by molar-refractivity contribution is 5.29. The van der Waals surface area contributed by atoms with Gasteiger partial charge in [0.15, 0.2) is 0 Å². The van der Waals surface area contributed by atoms with Crippen molar-refractivity contribution in [2.45, 2.75) is 38.5 Å². The molecule has 0 bridgehead atoms. The van der Waals surface area contributed by atoms with E-state index >= 15 is 0 Å². The van der Waals surface area contributed by atoms with Crippen molar-refractivity contribution in [3.63, 3.8) is 0 Å². The van der Waals surface area contributed by atoms with Crippen LogP contribution in [0.15, 0.2) is 0 Å². The molecule has 2 fully saturated rings. The highest BCUT2D eigenvalue weighted by atomic mass is 15.4. The third-order valence-electron chi connectivity index (χ3n) is 4.52. The average molecular weight is 263 g/mol. The van der Waals surface area contributed by atoms with Crippen molar-refractivity contribution < 1.29 is 0 Å². The largest absolute Gasteiger partial charge is 0.339 e. The first-order valence-electron chi connectivity index (χ1n) is 7.66. The molecular weight excluding hydrogens is 238 g/mol. The van der Waals surface area contributed by atoms with Gasteiger partial charge in [0, 0.05) is 19.5 Å². The number of H-pyrrole nitrogens is 1. The highest BCUT2D eigenvalue weighted by Gasteiger charge is 2.23. The Bertz CT molecular complexity index is 396. The highest BCUT2D eigenvalue weighted by Crippen LogP contribution is 2.29. The third kappa shape index (κ3) is 3.08. The average Bonchev–Trinajstić information content (AvgIpc) is 2.83. The van der Waals surface area contributed by atoms with E-state index in [1.165, 1.54) is 32.1 Å². The number of hydrogen-bond donors (Lipinski definition) is 2. The molecule has 5 heteroatoms. The van der Waals surface area contributed by atoms with E-state index in [9.17, 15) is 0 Å². The Morgan fingerprint density at radius 2 is 2.11 bits per heavy atom. The monoisotopic (exact) mass is 263 g/mol. The standard InChI is InChI=1S/C14H25N5/c1-15-9-12-6-3-7-19(10-12)14-16-13(17-18-14)8-11-4-2-5-11/h11-12,15H,2-10H2,1H3,(H,16,17,18). The van der Waals surface area contributed by atoms with Crippen LogP contribution in [0.3, 0.4) is 0 Å². The fourth-order valence-electron chi connectivity index (χ4n) is 3.19. The van der Waals surface area contributed by atoms with Gasteiger partial charge in [0.05, 0.1) is 0 Å². The van der Waals surface area contributed by atoms with Crippen LogP contribution in [-0.4, -0.2) is 41.9 Å². The summed E-state index contributed by atoms with van der Waals surface area (Å²) in [6, 6.07) is 0. The molecule has 1 saturated heterocycles. The van der Waals surface area contributed by atoms with Crippen LogP contribution in [0.1, 0.15) is 37.9 Å². The van der Waals surface area contributed by atoms with E-state index < -0.39 is 0 Å². The van der Waals surface area contributed by atoms with E-state index in [0.29, 0.717) is 0 Å². The van der Waals surface area contributed by atoms with Gasteiger partial charge >= 0.3 is 0 Å². The van der Waals surface area contributed by atoms with Crippen LogP contribution >= 0.6 is 0 Å². The van der Waals surface area contributed by atoms with Gasteiger partial charge in [-0.05, 0) is 38.3 Å². The quantitative estimate of drug-likeness (QED) is 0.847. The molecule has 106 valence electrons. The summed E-state index contributed by atoms with van der Waals surface area (Å²) in [4.78, 5) is 7.03. The summed E-state index contributed by atoms with van der Waals surface area (Å²) in [6.07, 6.45) is 7.77. The number of piperidine rings is 1. The Morgan fingerprint density at radius 1 is 1.26 bits per heavy atom. The molecule has 1 saturated carbocycles. The summed E-state index contributed by atoms with van der Waals surface area (Å²) in [6.45, 7) is 3.28. The molecule has 5 nitrogen and oxygen atoms in total. The van der Waals surface area contributed by atoms with Gasteiger partial charge in [0.25, 0.3) is 0 Å². The number of rotatable bonds is 5. The molecule has 1 aromatic heterocycles. The van der Waals surface area contributed by atoms with E-state index in [1.807, 2.05) is 7.05 Å². The first kappa shape index (κ1) is 12.9. The predicted octanol–water partition coefficient (Wildman–Crippen LogP) is 1.58. The molecule has 1 atom stereocenters. The molecule has 3 rings (SSSR count). The zero-order valence-electron chi connectivity index (χ0n) is 11.9. The second-order valence-electron chi connectivity index (χ2n) is 6.10.